The van der Waals surface area contributed by atoms with E-state index < -0.39 is 44.2 Å². The van der Waals surface area contributed by atoms with Crippen molar-refractivity contribution < 1.29 is 36.2 Å². The van der Waals surface area contributed by atoms with E-state index in [0.29, 0.717) is 33.7 Å². The molecule has 2 heterocycles. The molecule has 1 N–H and O–H groups in total. The van der Waals surface area contributed by atoms with Gasteiger partial charge in [0.1, 0.15) is 22.6 Å². The number of anilines is 2. The summed E-state index contributed by atoms with van der Waals surface area (Å²) < 4.78 is 68.5. The van der Waals surface area contributed by atoms with Crippen molar-refractivity contribution >= 4 is 60.1 Å². The maximum absolute atomic E-state index is 16.2. The molecule has 0 aliphatic rings. The lowest BCUT2D eigenvalue weighted by atomic mass is 9.98. The molecule has 15 heteroatoms. The largest absolute Gasteiger partial charge is 0.497 e. The molecule has 0 radical (unpaired) electrons. The second-order valence-corrected chi connectivity index (χ2v) is 15.3. The van der Waals surface area contributed by atoms with Gasteiger partial charge in [0.2, 0.25) is 0 Å². The van der Waals surface area contributed by atoms with Crippen LogP contribution < -0.4 is 24.9 Å². The maximum Gasteiger partial charge on any atom is 0.420 e. The van der Waals surface area contributed by atoms with Crippen LogP contribution in [0.2, 0.25) is 0 Å². The van der Waals surface area contributed by atoms with Gasteiger partial charge < -0.3 is 18.6 Å². The van der Waals surface area contributed by atoms with Gasteiger partial charge >= 0.3 is 11.8 Å². The van der Waals surface area contributed by atoms with Crippen LogP contribution in [0.4, 0.5) is 20.0 Å². The van der Waals surface area contributed by atoms with E-state index in [-0.39, 0.29) is 22.8 Å². The number of methoxy groups -OCH3 is 2. The summed E-state index contributed by atoms with van der Waals surface area (Å²) in [5, 5.41) is 5.97. The van der Waals surface area contributed by atoms with E-state index in [9.17, 15) is 18.0 Å². The third-order valence-electron chi connectivity index (χ3n) is 8.06. The summed E-state index contributed by atoms with van der Waals surface area (Å²) in [6.07, 6.45) is 0.830. The third kappa shape index (κ3) is 7.12. The predicted molar refractivity (Wildman–Crippen MR) is 193 cm³/mol. The highest BCUT2D eigenvalue weighted by Gasteiger charge is 2.31. The zero-order valence-corrected chi connectivity index (χ0v) is 30.2. The Bertz CT molecular complexity index is 2420. The van der Waals surface area contributed by atoms with Crippen molar-refractivity contribution in [2.45, 2.75) is 50.8 Å². The Morgan fingerprint density at radius 1 is 1.08 bits per heavy atom. The summed E-state index contributed by atoms with van der Waals surface area (Å²) in [6, 6.07) is 16.9. The second kappa shape index (κ2) is 13.7. The molecule has 0 aliphatic carbocycles. The third-order valence-corrected chi connectivity index (χ3v) is 10.7. The van der Waals surface area contributed by atoms with Crippen molar-refractivity contribution in [2.75, 3.05) is 23.8 Å². The Kier molecular flexibility index (Phi) is 9.53. The van der Waals surface area contributed by atoms with E-state index in [4.69, 9.17) is 18.6 Å². The topological polar surface area (TPSA) is 142 Å². The number of benzene rings is 4. The van der Waals surface area contributed by atoms with Crippen molar-refractivity contribution in [3.05, 3.63) is 106 Å². The molecule has 6 rings (SSSR count). The smallest absolute Gasteiger partial charge is 0.420 e. The van der Waals surface area contributed by atoms with Gasteiger partial charge in [-0.15, -0.1) is 11.3 Å². The summed E-state index contributed by atoms with van der Waals surface area (Å²) in [5.74, 6) is -0.962. The monoisotopic (exact) mass is 734 g/mol. The molecule has 1 amide bonds. The molecular weight excluding hydrogens is 700 g/mol. The molecule has 266 valence electrons. The number of carbonyl (C=O) groups is 1. The summed E-state index contributed by atoms with van der Waals surface area (Å²) in [7, 11) is -1.51. The van der Waals surface area contributed by atoms with E-state index in [1.807, 2.05) is 12.1 Å². The van der Waals surface area contributed by atoms with Crippen LogP contribution in [0.5, 0.6) is 11.5 Å². The molecule has 4 aromatic carbocycles. The Hall–Kier alpha value is -5.41. The number of hydrogen-bond donors (Lipinski definition) is 1. The van der Waals surface area contributed by atoms with Gasteiger partial charge in [-0.2, -0.15) is 0 Å². The first kappa shape index (κ1) is 35.4. The summed E-state index contributed by atoms with van der Waals surface area (Å²) in [6.45, 7) is 6.78. The minimum atomic E-state index is -4.47. The van der Waals surface area contributed by atoms with Crippen molar-refractivity contribution in [1.82, 2.24) is 9.55 Å². The Morgan fingerprint density at radius 3 is 2.55 bits per heavy atom. The molecule has 12 nitrogen and oxygen atoms in total. The number of thiazole rings is 1. The van der Waals surface area contributed by atoms with Crippen molar-refractivity contribution in [3.63, 3.8) is 0 Å². The fraction of sp³-hybridized carbons (Fsp3) is 0.250. The summed E-state index contributed by atoms with van der Waals surface area (Å²) in [4.78, 5) is 29.6. The fourth-order valence-electron chi connectivity index (χ4n) is 5.76. The van der Waals surface area contributed by atoms with Crippen LogP contribution in [0, 0.1) is 5.82 Å². The van der Waals surface area contributed by atoms with Gasteiger partial charge in [0.25, 0.3) is 10.0 Å². The normalized spacial score (nSPS) is 12.5. The first-order valence-corrected chi connectivity index (χ1v) is 18.0. The highest BCUT2D eigenvalue weighted by atomic mass is 32.2. The first-order chi connectivity index (χ1) is 24.2. The average Bonchev–Trinajstić information content (AvgIpc) is 3.73. The summed E-state index contributed by atoms with van der Waals surface area (Å²) >= 11 is 1.08. The number of amides is 1. The molecule has 0 fully saturated rings. The minimum Gasteiger partial charge on any atom is -0.497 e. The van der Waals surface area contributed by atoms with Crippen LogP contribution in [0.1, 0.15) is 44.9 Å². The highest BCUT2D eigenvalue weighted by Crippen LogP contribution is 2.35. The first-order valence-electron chi connectivity index (χ1n) is 15.7. The number of rotatable bonds is 10. The van der Waals surface area contributed by atoms with Gasteiger partial charge in [-0.25, -0.2) is 31.7 Å². The number of fused-ring (bicyclic) bond motifs is 2. The van der Waals surface area contributed by atoms with Crippen LogP contribution in [0.25, 0.3) is 21.9 Å². The lowest BCUT2D eigenvalue weighted by molar-refractivity contribution is 0.0636. The lowest BCUT2D eigenvalue weighted by Gasteiger charge is -2.23. The number of oxazole rings is 1. The van der Waals surface area contributed by atoms with E-state index in [1.165, 1.54) is 20.4 Å². The quantitative estimate of drug-likeness (QED) is 0.150. The van der Waals surface area contributed by atoms with Crippen molar-refractivity contribution in [2.24, 2.45) is 0 Å². The standard InChI is InChI=1S/C36H35FN4O8S2/c1-21(27-9-7-8-22-10-12-24(16-28(22)27)39-34(42)49-36(2,3)4)41-32-29(37)18-26(19-31(32)48-35(41)43)51(44,45)40(33-38-14-15-50-33)20-23-11-13-25(46-5)17-30(23)47-6/h7-19,21H,20H2,1-6H3,(H,39,42)/t21-/m1/s1. The summed E-state index contributed by atoms with van der Waals surface area (Å²) in [5.41, 5.74) is 0.438. The highest BCUT2D eigenvalue weighted by molar-refractivity contribution is 7.93. The van der Waals surface area contributed by atoms with Gasteiger partial charge in [-0.05, 0) is 74.4 Å². The van der Waals surface area contributed by atoms with Gasteiger partial charge in [-0.3, -0.25) is 9.88 Å². The average molecular weight is 735 g/mol. The fourth-order valence-corrected chi connectivity index (χ4v) is 8.05. The number of halogens is 1. The number of aromatic nitrogens is 2. The van der Waals surface area contributed by atoms with Crippen LogP contribution >= 0.6 is 11.3 Å². The van der Waals surface area contributed by atoms with Crippen LogP contribution in [-0.2, 0) is 21.3 Å². The van der Waals surface area contributed by atoms with E-state index in [0.717, 1.165) is 37.7 Å². The zero-order valence-electron chi connectivity index (χ0n) is 28.6. The SMILES string of the molecule is COc1ccc(CN(c2nccs2)S(=O)(=O)c2cc(F)c3c(c2)oc(=O)n3[C@H](C)c2cccc3ccc(NC(=O)OC(C)(C)C)cc23)c(OC)c1. The molecule has 0 unspecified atom stereocenters. The van der Waals surface area contributed by atoms with Gasteiger partial charge in [0.05, 0.1) is 31.7 Å². The zero-order chi connectivity index (χ0) is 36.7. The molecule has 0 saturated heterocycles. The number of nitrogens with zero attached hydrogens (tertiary/aromatic N) is 3. The van der Waals surface area contributed by atoms with Crippen LogP contribution in [-0.4, -0.2) is 43.9 Å². The van der Waals surface area contributed by atoms with Crippen LogP contribution in [0.15, 0.2) is 92.4 Å². The predicted octanol–water partition coefficient (Wildman–Crippen LogP) is 7.71. The number of sulfonamides is 1. The minimum absolute atomic E-state index is 0.137. The molecule has 0 bridgehead atoms. The molecular formula is C36H35FN4O8S2. The molecule has 1 atom stereocenters. The molecule has 6 aromatic rings. The van der Waals surface area contributed by atoms with Crippen LogP contribution in [0.3, 0.4) is 0 Å². The molecule has 0 aliphatic heterocycles. The molecule has 0 saturated carbocycles. The van der Waals surface area contributed by atoms with E-state index >= 15 is 4.39 Å². The van der Waals surface area contributed by atoms with Gasteiger partial charge in [0.15, 0.2) is 16.5 Å². The molecule has 0 spiro atoms. The Morgan fingerprint density at radius 2 is 1.86 bits per heavy atom. The number of hydrogen-bond acceptors (Lipinski definition) is 10. The lowest BCUT2D eigenvalue weighted by Crippen LogP contribution is -2.30. The van der Waals surface area contributed by atoms with Crippen molar-refractivity contribution in [1.29, 1.82) is 0 Å². The number of carbonyl (C=O) groups excluding carboxylic acids is 1. The second-order valence-electron chi connectivity index (χ2n) is 12.6. The Balaban J connectivity index is 1.39. The Labute approximate surface area is 297 Å². The number of ether oxygens (including phenoxy) is 3. The maximum atomic E-state index is 16.2. The number of nitrogens with one attached hydrogen (secondary N) is 1. The van der Waals surface area contributed by atoms with Crippen molar-refractivity contribution in [3.8, 4) is 11.5 Å². The molecule has 2 aromatic heterocycles. The van der Waals surface area contributed by atoms with E-state index in [1.54, 1.807) is 75.5 Å². The van der Waals surface area contributed by atoms with E-state index in [2.05, 4.69) is 10.3 Å². The van der Waals surface area contributed by atoms with Gasteiger partial charge in [-0.1, -0.05) is 24.3 Å². The van der Waals surface area contributed by atoms with Gasteiger partial charge in [0, 0.05) is 35.0 Å². The molecule has 51 heavy (non-hydrogen) atoms.